The molecule has 0 radical (unpaired) electrons. The summed E-state index contributed by atoms with van der Waals surface area (Å²) in [4.78, 5) is 2.46. The molecule has 0 saturated carbocycles. The van der Waals surface area contributed by atoms with Gasteiger partial charge in [0.05, 0.1) is 22.4 Å². The van der Waals surface area contributed by atoms with Crippen LogP contribution in [0.15, 0.2) is 174 Å². The number of hydrogen-bond donors (Lipinski definition) is 0. The molecule has 3 heterocycles. The van der Waals surface area contributed by atoms with Crippen molar-refractivity contribution in [3.05, 3.63) is 170 Å². The molecule has 11 aromatic rings. The number of para-hydroxylation sites is 3. The maximum Gasteiger partial charge on any atom is 0.137 e. The average Bonchev–Trinajstić information content (AvgIpc) is 3.85. The van der Waals surface area contributed by atoms with Crippen LogP contribution < -0.4 is 4.90 Å². The SMILES string of the molecule is c1ccc(-n2c3ccccc3c3c(N(c4ccc5c(c4)oc4ccccc45)c4cc5sc6ccccc6c5c5ccccc45)cccc32)cc1. The zero-order valence-corrected chi connectivity index (χ0v) is 27.7. The highest BCUT2D eigenvalue weighted by molar-refractivity contribution is 7.26. The van der Waals surface area contributed by atoms with Crippen LogP contribution in [0.5, 0.6) is 0 Å². The molecule has 0 fully saturated rings. The van der Waals surface area contributed by atoms with Crippen LogP contribution >= 0.6 is 11.3 Å². The lowest BCUT2D eigenvalue weighted by Crippen LogP contribution is -2.11. The molecule has 0 saturated heterocycles. The Morgan fingerprint density at radius 2 is 1.10 bits per heavy atom. The lowest BCUT2D eigenvalue weighted by Gasteiger charge is -2.28. The third-order valence-corrected chi connectivity index (χ3v) is 11.3. The van der Waals surface area contributed by atoms with Gasteiger partial charge >= 0.3 is 0 Å². The molecule has 0 spiro atoms. The van der Waals surface area contributed by atoms with E-state index < -0.39 is 0 Å². The Morgan fingerprint density at radius 1 is 0.420 bits per heavy atom. The average molecular weight is 657 g/mol. The molecule has 4 heteroatoms. The fourth-order valence-corrected chi connectivity index (χ4v) is 9.21. The van der Waals surface area contributed by atoms with Gasteiger partial charge in [-0.05, 0) is 66.0 Å². The lowest BCUT2D eigenvalue weighted by atomic mass is 10.00. The second kappa shape index (κ2) is 10.6. The predicted molar refractivity (Wildman–Crippen MR) is 213 cm³/mol. The normalized spacial score (nSPS) is 12.0. The number of furan rings is 1. The van der Waals surface area contributed by atoms with Gasteiger partial charge in [-0.2, -0.15) is 0 Å². The summed E-state index contributed by atoms with van der Waals surface area (Å²) in [5.41, 5.74) is 8.56. The number of thiophene rings is 1. The number of benzene rings is 8. The fraction of sp³-hybridized carbons (Fsp3) is 0. The van der Waals surface area contributed by atoms with Crippen LogP contribution in [0, 0.1) is 0 Å². The summed E-state index contributed by atoms with van der Waals surface area (Å²) in [6, 6.07) is 61.2. The van der Waals surface area contributed by atoms with E-state index in [1.165, 1.54) is 47.2 Å². The Balaban J connectivity index is 1.28. The number of hydrogen-bond acceptors (Lipinski definition) is 3. The van der Waals surface area contributed by atoms with Crippen molar-refractivity contribution in [2.24, 2.45) is 0 Å². The first-order valence-corrected chi connectivity index (χ1v) is 17.8. The van der Waals surface area contributed by atoms with Crippen LogP contribution in [0.3, 0.4) is 0 Å². The number of fused-ring (bicyclic) bond motifs is 11. The Morgan fingerprint density at radius 3 is 1.98 bits per heavy atom. The van der Waals surface area contributed by atoms with Crippen molar-refractivity contribution in [3.63, 3.8) is 0 Å². The molecule has 0 atom stereocenters. The van der Waals surface area contributed by atoms with Gasteiger partial charge in [0.15, 0.2) is 0 Å². The van der Waals surface area contributed by atoms with Crippen molar-refractivity contribution in [2.45, 2.75) is 0 Å². The Bertz CT molecular complexity index is 3110. The predicted octanol–water partition coefficient (Wildman–Crippen LogP) is 13.7. The van der Waals surface area contributed by atoms with Crippen LogP contribution in [0.2, 0.25) is 0 Å². The minimum Gasteiger partial charge on any atom is -0.456 e. The topological polar surface area (TPSA) is 21.3 Å². The second-order valence-corrected chi connectivity index (χ2v) is 14.0. The fourth-order valence-electron chi connectivity index (χ4n) is 8.06. The highest BCUT2D eigenvalue weighted by Gasteiger charge is 2.24. The van der Waals surface area contributed by atoms with Gasteiger partial charge < -0.3 is 13.9 Å². The summed E-state index contributed by atoms with van der Waals surface area (Å²) in [5.74, 6) is 0. The first-order chi connectivity index (χ1) is 24.8. The summed E-state index contributed by atoms with van der Waals surface area (Å²) < 4.78 is 11.5. The maximum atomic E-state index is 6.50. The van der Waals surface area contributed by atoms with Crippen molar-refractivity contribution < 1.29 is 4.42 Å². The van der Waals surface area contributed by atoms with E-state index in [1.807, 2.05) is 17.4 Å². The summed E-state index contributed by atoms with van der Waals surface area (Å²) in [6.45, 7) is 0. The number of aromatic nitrogens is 1. The maximum absolute atomic E-state index is 6.50. The van der Waals surface area contributed by atoms with Crippen molar-refractivity contribution in [1.82, 2.24) is 4.57 Å². The molecule has 8 aromatic carbocycles. The Kier molecular flexibility index (Phi) is 5.83. The molecule has 0 N–H and O–H groups in total. The molecule has 0 aliphatic rings. The second-order valence-electron chi connectivity index (χ2n) is 12.9. The summed E-state index contributed by atoms with van der Waals surface area (Å²) in [6.07, 6.45) is 0. The monoisotopic (exact) mass is 656 g/mol. The highest BCUT2D eigenvalue weighted by Crippen LogP contribution is 2.49. The molecule has 0 bridgehead atoms. The van der Waals surface area contributed by atoms with Gasteiger partial charge in [0.1, 0.15) is 11.2 Å². The Labute approximate surface area is 291 Å². The zero-order chi connectivity index (χ0) is 32.8. The van der Waals surface area contributed by atoms with E-state index in [4.69, 9.17) is 4.42 Å². The van der Waals surface area contributed by atoms with Gasteiger partial charge in [-0.3, -0.25) is 0 Å². The summed E-state index contributed by atoms with van der Waals surface area (Å²) >= 11 is 1.86. The molecule has 3 aromatic heterocycles. The third kappa shape index (κ3) is 3.91. The van der Waals surface area contributed by atoms with E-state index in [2.05, 4.69) is 173 Å². The zero-order valence-electron chi connectivity index (χ0n) is 26.9. The van der Waals surface area contributed by atoms with Gasteiger partial charge in [-0.15, -0.1) is 11.3 Å². The highest BCUT2D eigenvalue weighted by atomic mass is 32.1. The van der Waals surface area contributed by atoms with Crippen molar-refractivity contribution >= 4 is 103 Å². The number of anilines is 3. The quantitative estimate of drug-likeness (QED) is 0.188. The number of rotatable bonds is 4. The van der Waals surface area contributed by atoms with Gasteiger partial charge in [-0.25, -0.2) is 0 Å². The number of nitrogens with zero attached hydrogens (tertiary/aromatic N) is 2. The van der Waals surface area contributed by atoms with E-state index in [9.17, 15) is 0 Å². The van der Waals surface area contributed by atoms with Crippen LogP contribution in [0.4, 0.5) is 17.1 Å². The minimum absolute atomic E-state index is 0.875. The molecular weight excluding hydrogens is 629 g/mol. The first kappa shape index (κ1) is 27.6. The Hall–Kier alpha value is -6.36. The molecule has 234 valence electrons. The van der Waals surface area contributed by atoms with Crippen LogP contribution in [0.1, 0.15) is 0 Å². The van der Waals surface area contributed by atoms with Gasteiger partial charge in [-0.1, -0.05) is 103 Å². The molecular formula is C46H28N2OS. The van der Waals surface area contributed by atoms with Gasteiger partial charge in [0, 0.05) is 64.5 Å². The minimum atomic E-state index is 0.875. The van der Waals surface area contributed by atoms with Crippen molar-refractivity contribution in [3.8, 4) is 5.69 Å². The van der Waals surface area contributed by atoms with E-state index >= 15 is 0 Å². The molecule has 0 aliphatic heterocycles. The molecule has 0 amide bonds. The molecule has 0 unspecified atom stereocenters. The summed E-state index contributed by atoms with van der Waals surface area (Å²) in [7, 11) is 0. The summed E-state index contributed by atoms with van der Waals surface area (Å²) in [5, 5.41) is 9.75. The van der Waals surface area contributed by atoms with E-state index in [0.29, 0.717) is 0 Å². The standard InChI is InChI=1S/C46H28N2OS/c1-2-13-29(14-3-1)47-37-20-9-6-18-35(37)46-38(47)21-12-22-39(46)48(30-25-26-33-32-16-7-10-23-41(32)49-42(33)27-30)40-28-44-45(34-17-5-4-15-31(34)40)36-19-8-11-24-43(36)50-44/h1-28H. The van der Waals surface area contributed by atoms with Gasteiger partial charge in [0.2, 0.25) is 0 Å². The molecule has 50 heavy (non-hydrogen) atoms. The van der Waals surface area contributed by atoms with Crippen LogP contribution in [-0.2, 0) is 0 Å². The third-order valence-electron chi connectivity index (χ3n) is 10.2. The van der Waals surface area contributed by atoms with Crippen molar-refractivity contribution in [2.75, 3.05) is 4.90 Å². The van der Waals surface area contributed by atoms with Gasteiger partial charge in [0.25, 0.3) is 0 Å². The van der Waals surface area contributed by atoms with Crippen LogP contribution in [0.25, 0.3) is 80.4 Å². The first-order valence-electron chi connectivity index (χ1n) is 16.9. The van der Waals surface area contributed by atoms with E-state index in [-0.39, 0.29) is 0 Å². The lowest BCUT2D eigenvalue weighted by molar-refractivity contribution is 0.669. The molecule has 11 rings (SSSR count). The van der Waals surface area contributed by atoms with E-state index in [1.54, 1.807) is 0 Å². The van der Waals surface area contributed by atoms with Crippen molar-refractivity contribution in [1.29, 1.82) is 0 Å². The largest absolute Gasteiger partial charge is 0.456 e. The van der Waals surface area contributed by atoms with E-state index in [0.717, 1.165) is 50.2 Å². The molecule has 3 nitrogen and oxygen atoms in total. The smallest absolute Gasteiger partial charge is 0.137 e. The van der Waals surface area contributed by atoms with Crippen LogP contribution in [-0.4, -0.2) is 4.57 Å². The molecule has 0 aliphatic carbocycles.